The lowest BCUT2D eigenvalue weighted by Gasteiger charge is -2.51. The minimum atomic E-state index is -0.0247. The molecule has 5 aliphatic rings. The van der Waals surface area contributed by atoms with Gasteiger partial charge in [-0.15, -0.1) is 0 Å². The molecule has 0 aromatic heterocycles. The van der Waals surface area contributed by atoms with E-state index in [2.05, 4.69) is 26.9 Å². The van der Waals surface area contributed by atoms with Crippen molar-refractivity contribution >= 4 is 17.7 Å². The van der Waals surface area contributed by atoms with Crippen molar-refractivity contribution in [1.82, 2.24) is 15.1 Å². The molecule has 0 aliphatic carbocycles. The zero-order valence-corrected chi connectivity index (χ0v) is 17.1. The van der Waals surface area contributed by atoms with Gasteiger partial charge in [-0.05, 0) is 49.4 Å². The number of hydrogen-bond donors (Lipinski definition) is 1. The molecule has 1 unspecified atom stereocenters. The minimum absolute atomic E-state index is 0.0247. The molecule has 5 aliphatic heterocycles. The molecule has 1 aromatic carbocycles. The van der Waals surface area contributed by atoms with Crippen LogP contribution in [0.1, 0.15) is 23.2 Å². The van der Waals surface area contributed by atoms with E-state index in [1.807, 2.05) is 12.1 Å². The Morgan fingerprint density at radius 1 is 1.18 bits per heavy atom. The second-order valence-corrected chi connectivity index (χ2v) is 9.61. The van der Waals surface area contributed by atoms with Crippen molar-refractivity contribution in [3.63, 3.8) is 0 Å². The highest BCUT2D eigenvalue weighted by atomic mass is 32.2. The first-order valence-electron chi connectivity index (χ1n) is 10.5. The highest BCUT2D eigenvalue weighted by Crippen LogP contribution is 2.37. The van der Waals surface area contributed by atoms with Gasteiger partial charge in [0, 0.05) is 55.8 Å². The maximum Gasteiger partial charge on any atom is 0.251 e. The third kappa shape index (κ3) is 3.84. The van der Waals surface area contributed by atoms with Gasteiger partial charge in [0.15, 0.2) is 11.5 Å². The molecule has 7 heteroatoms. The number of nitrogens with zero attached hydrogens (tertiary/aromatic N) is 2. The van der Waals surface area contributed by atoms with Gasteiger partial charge in [-0.2, -0.15) is 11.8 Å². The lowest BCUT2D eigenvalue weighted by molar-refractivity contribution is -0.0104. The summed E-state index contributed by atoms with van der Waals surface area (Å²) in [5.41, 5.74) is 0.640. The van der Waals surface area contributed by atoms with Crippen LogP contribution in [0.3, 0.4) is 0 Å². The Morgan fingerprint density at radius 2 is 2.04 bits per heavy atom. The molecular weight excluding hydrogens is 374 g/mol. The molecule has 5 heterocycles. The Bertz CT molecular complexity index is 725. The molecule has 6 rings (SSSR count). The van der Waals surface area contributed by atoms with Gasteiger partial charge in [0.25, 0.3) is 5.91 Å². The van der Waals surface area contributed by atoms with Crippen LogP contribution in [0.2, 0.25) is 0 Å². The van der Waals surface area contributed by atoms with Crippen LogP contribution in [0.5, 0.6) is 11.5 Å². The lowest BCUT2D eigenvalue weighted by Crippen LogP contribution is -2.58. The fraction of sp³-hybridized carbons (Fsp3) is 0.667. The van der Waals surface area contributed by atoms with Crippen molar-refractivity contribution in [1.29, 1.82) is 0 Å². The summed E-state index contributed by atoms with van der Waals surface area (Å²) >= 11 is 2.08. The Balaban J connectivity index is 1.14. The van der Waals surface area contributed by atoms with Gasteiger partial charge in [0.1, 0.15) is 0 Å². The van der Waals surface area contributed by atoms with Crippen LogP contribution < -0.4 is 14.8 Å². The second kappa shape index (κ2) is 8.13. The molecule has 1 N–H and O–H groups in total. The summed E-state index contributed by atoms with van der Waals surface area (Å²) in [6.45, 7) is 7.11. The Hall–Kier alpha value is -1.44. The number of nitrogens with one attached hydrogen (secondary N) is 1. The maximum atomic E-state index is 12.6. The smallest absolute Gasteiger partial charge is 0.251 e. The number of benzene rings is 1. The van der Waals surface area contributed by atoms with Gasteiger partial charge in [-0.1, -0.05) is 0 Å². The van der Waals surface area contributed by atoms with Gasteiger partial charge < -0.3 is 19.7 Å². The Kier molecular flexibility index (Phi) is 5.39. The third-order valence-electron chi connectivity index (χ3n) is 6.74. The highest BCUT2D eigenvalue weighted by Gasteiger charge is 2.40. The number of piperidine rings is 3. The van der Waals surface area contributed by atoms with Gasteiger partial charge >= 0.3 is 0 Å². The fourth-order valence-electron chi connectivity index (χ4n) is 5.13. The zero-order valence-electron chi connectivity index (χ0n) is 16.3. The molecule has 4 saturated heterocycles. The average Bonchev–Trinajstić information content (AvgIpc) is 3.21. The Labute approximate surface area is 170 Å². The number of carbonyl (C=O) groups excluding carboxylic acids is 1. The third-order valence-corrected chi connectivity index (χ3v) is 7.69. The minimum Gasteiger partial charge on any atom is -0.454 e. The van der Waals surface area contributed by atoms with Crippen molar-refractivity contribution in [2.24, 2.45) is 11.8 Å². The molecule has 152 valence electrons. The maximum absolute atomic E-state index is 12.6. The number of amides is 1. The topological polar surface area (TPSA) is 54.0 Å². The lowest BCUT2D eigenvalue weighted by atomic mass is 9.75. The fourth-order valence-corrected chi connectivity index (χ4v) is 6.11. The number of fused-ring (bicyclic) bond motifs is 4. The molecule has 28 heavy (non-hydrogen) atoms. The van der Waals surface area contributed by atoms with Crippen molar-refractivity contribution in [3.8, 4) is 11.5 Å². The van der Waals surface area contributed by atoms with Crippen LogP contribution in [-0.2, 0) is 0 Å². The number of thioether (sulfide) groups is 1. The SMILES string of the molecule is O=C(NC[C@H]1C[C@@H]2CCN1C[C@@H]2CN1CCSCC1)c1ccc2c(c1)OCO2. The van der Waals surface area contributed by atoms with E-state index in [9.17, 15) is 4.79 Å². The van der Waals surface area contributed by atoms with Crippen molar-refractivity contribution in [3.05, 3.63) is 23.8 Å². The monoisotopic (exact) mass is 403 g/mol. The molecule has 0 saturated carbocycles. The summed E-state index contributed by atoms with van der Waals surface area (Å²) in [6, 6.07) is 5.87. The molecule has 6 nitrogen and oxygen atoms in total. The number of ether oxygens (including phenoxy) is 2. The number of carbonyl (C=O) groups is 1. The molecular formula is C21H29N3O3S. The van der Waals surface area contributed by atoms with Crippen LogP contribution in [0.25, 0.3) is 0 Å². The first kappa shape index (κ1) is 18.6. The van der Waals surface area contributed by atoms with E-state index in [-0.39, 0.29) is 12.7 Å². The number of hydrogen-bond acceptors (Lipinski definition) is 6. The normalized spacial score (nSPS) is 31.7. The highest BCUT2D eigenvalue weighted by molar-refractivity contribution is 7.99. The molecule has 1 aromatic rings. The predicted molar refractivity (Wildman–Crippen MR) is 110 cm³/mol. The van der Waals surface area contributed by atoms with Gasteiger partial charge in [-0.25, -0.2) is 0 Å². The van der Waals surface area contributed by atoms with E-state index >= 15 is 0 Å². The van der Waals surface area contributed by atoms with Crippen molar-refractivity contribution < 1.29 is 14.3 Å². The average molecular weight is 404 g/mol. The molecule has 0 spiro atoms. The van der Waals surface area contributed by atoms with Crippen molar-refractivity contribution in [2.45, 2.75) is 18.9 Å². The van der Waals surface area contributed by atoms with Gasteiger partial charge in [0.05, 0.1) is 0 Å². The van der Waals surface area contributed by atoms with E-state index in [4.69, 9.17) is 9.47 Å². The predicted octanol–water partition coefficient (Wildman–Crippen LogP) is 1.90. The summed E-state index contributed by atoms with van der Waals surface area (Å²) < 4.78 is 10.7. The van der Waals surface area contributed by atoms with E-state index in [0.29, 0.717) is 23.1 Å². The van der Waals surface area contributed by atoms with Crippen LogP contribution >= 0.6 is 11.8 Å². The summed E-state index contributed by atoms with van der Waals surface area (Å²) in [4.78, 5) is 17.9. The quantitative estimate of drug-likeness (QED) is 0.811. The first-order valence-corrected chi connectivity index (χ1v) is 11.6. The first-order chi connectivity index (χ1) is 13.8. The Morgan fingerprint density at radius 3 is 2.86 bits per heavy atom. The summed E-state index contributed by atoms with van der Waals surface area (Å²) in [6.07, 6.45) is 2.54. The molecule has 4 fully saturated rings. The van der Waals surface area contributed by atoms with E-state index < -0.39 is 0 Å². The zero-order chi connectivity index (χ0) is 18.9. The van der Waals surface area contributed by atoms with Crippen molar-refractivity contribution in [2.75, 3.05) is 57.6 Å². The molecule has 2 bridgehead atoms. The number of rotatable bonds is 5. The van der Waals surface area contributed by atoms with Crippen LogP contribution in [0.4, 0.5) is 0 Å². The molecule has 4 atom stereocenters. The van der Waals surface area contributed by atoms with Crippen LogP contribution in [0.15, 0.2) is 18.2 Å². The van der Waals surface area contributed by atoms with E-state index in [1.165, 1.54) is 57.1 Å². The molecule has 1 amide bonds. The molecule has 0 radical (unpaired) electrons. The summed E-state index contributed by atoms with van der Waals surface area (Å²) in [5.74, 6) is 5.54. The van der Waals surface area contributed by atoms with E-state index in [1.54, 1.807) is 6.07 Å². The summed E-state index contributed by atoms with van der Waals surface area (Å²) in [5, 5.41) is 3.15. The standard InChI is InChI=1S/C21H29N3O3S/c25-21(16-1-2-19-20(10-16)27-14-26-19)22-11-18-9-15-3-4-24(18)13-17(15)12-23-5-7-28-8-6-23/h1-2,10,15,17-18H,3-9,11-14H2,(H,22,25)/t15-,17-,18+/m0/s1. The van der Waals surface area contributed by atoms with Crippen LogP contribution in [-0.4, -0.2) is 79.3 Å². The van der Waals surface area contributed by atoms with Gasteiger partial charge in [-0.3, -0.25) is 9.69 Å². The summed E-state index contributed by atoms with van der Waals surface area (Å²) in [7, 11) is 0. The van der Waals surface area contributed by atoms with Crippen LogP contribution in [0, 0.1) is 11.8 Å². The largest absolute Gasteiger partial charge is 0.454 e. The van der Waals surface area contributed by atoms with E-state index in [0.717, 1.165) is 18.4 Å². The second-order valence-electron chi connectivity index (χ2n) is 8.38. The van der Waals surface area contributed by atoms with Gasteiger partial charge in [0.2, 0.25) is 6.79 Å².